The van der Waals surface area contributed by atoms with E-state index in [-0.39, 0.29) is 5.69 Å². The smallest absolute Gasteiger partial charge is 0.354 e. The lowest BCUT2D eigenvalue weighted by Crippen LogP contribution is -2.18. The van der Waals surface area contributed by atoms with Crippen LogP contribution < -0.4 is 0 Å². The minimum absolute atomic E-state index is 0.0885. The molecule has 0 amide bonds. The molecule has 0 atom stereocenters. The highest BCUT2D eigenvalue weighted by atomic mass is 16.4. The van der Waals surface area contributed by atoms with Gasteiger partial charge in [-0.25, -0.2) is 9.78 Å². The van der Waals surface area contributed by atoms with Gasteiger partial charge in [0.05, 0.1) is 5.69 Å². The topological polar surface area (TPSA) is 53.4 Å². The van der Waals surface area contributed by atoms with E-state index in [0.717, 1.165) is 12.2 Å². The predicted molar refractivity (Wildman–Crippen MR) is 72.8 cm³/mol. The molecule has 2 aromatic rings. The molecule has 1 heterocycles. The summed E-state index contributed by atoms with van der Waals surface area (Å²) in [5, 5.41) is 8.90. The van der Waals surface area contributed by atoms with Gasteiger partial charge < -0.3 is 5.11 Å². The van der Waals surface area contributed by atoms with E-state index < -0.39 is 5.97 Å². The zero-order chi connectivity index (χ0) is 13.7. The number of aromatic carboxylic acids is 1. The van der Waals surface area contributed by atoms with Gasteiger partial charge in [-0.05, 0) is 24.7 Å². The molecule has 0 saturated carbocycles. The summed E-state index contributed by atoms with van der Waals surface area (Å²) in [5.74, 6) is -0.993. The fourth-order valence-corrected chi connectivity index (χ4v) is 1.91. The lowest BCUT2D eigenvalue weighted by Gasteiger charge is -2.16. The van der Waals surface area contributed by atoms with Crippen LogP contribution in [0.25, 0.3) is 0 Å². The van der Waals surface area contributed by atoms with E-state index in [1.807, 2.05) is 31.3 Å². The monoisotopic (exact) mass is 256 g/mol. The highest BCUT2D eigenvalue weighted by Gasteiger charge is 2.07. The Labute approximate surface area is 112 Å². The van der Waals surface area contributed by atoms with Gasteiger partial charge >= 0.3 is 5.97 Å². The number of hydrogen-bond donors (Lipinski definition) is 1. The molecule has 0 unspecified atom stereocenters. The van der Waals surface area contributed by atoms with Crippen molar-refractivity contribution in [3.8, 4) is 0 Å². The van der Waals surface area contributed by atoms with E-state index in [9.17, 15) is 4.79 Å². The first-order valence-corrected chi connectivity index (χ1v) is 6.07. The van der Waals surface area contributed by atoms with Crippen LogP contribution >= 0.6 is 0 Å². The van der Waals surface area contributed by atoms with Crippen molar-refractivity contribution in [1.29, 1.82) is 0 Å². The first-order chi connectivity index (χ1) is 9.15. The van der Waals surface area contributed by atoms with E-state index in [1.165, 1.54) is 11.6 Å². The Morgan fingerprint density at radius 2 is 1.84 bits per heavy atom. The number of benzene rings is 1. The van der Waals surface area contributed by atoms with Crippen LogP contribution in [0.15, 0.2) is 48.5 Å². The zero-order valence-corrected chi connectivity index (χ0v) is 10.8. The van der Waals surface area contributed by atoms with Gasteiger partial charge in [-0.1, -0.05) is 36.4 Å². The van der Waals surface area contributed by atoms with Crippen LogP contribution in [0.5, 0.6) is 0 Å². The van der Waals surface area contributed by atoms with Crippen molar-refractivity contribution < 1.29 is 9.90 Å². The zero-order valence-electron chi connectivity index (χ0n) is 10.8. The number of carbonyl (C=O) groups is 1. The minimum Gasteiger partial charge on any atom is -0.477 e. The molecule has 0 spiro atoms. The molecule has 0 aliphatic carbocycles. The maximum atomic E-state index is 10.9. The van der Waals surface area contributed by atoms with Crippen molar-refractivity contribution in [1.82, 2.24) is 9.88 Å². The first-order valence-electron chi connectivity index (χ1n) is 6.07. The highest BCUT2D eigenvalue weighted by molar-refractivity contribution is 5.85. The van der Waals surface area contributed by atoms with Gasteiger partial charge in [-0.15, -0.1) is 0 Å². The van der Waals surface area contributed by atoms with Crippen molar-refractivity contribution in [3.63, 3.8) is 0 Å². The molecule has 4 heteroatoms. The molecule has 98 valence electrons. The molecule has 0 radical (unpaired) electrons. The first kappa shape index (κ1) is 13.2. The Kier molecular flexibility index (Phi) is 4.26. The van der Waals surface area contributed by atoms with Crippen LogP contribution in [0, 0.1) is 0 Å². The quantitative estimate of drug-likeness (QED) is 0.892. The van der Waals surface area contributed by atoms with Crippen molar-refractivity contribution in [2.75, 3.05) is 7.05 Å². The predicted octanol–water partition coefficient (Wildman–Crippen LogP) is 2.41. The third kappa shape index (κ3) is 3.89. The molecule has 1 aromatic carbocycles. The summed E-state index contributed by atoms with van der Waals surface area (Å²) >= 11 is 0. The van der Waals surface area contributed by atoms with Crippen molar-refractivity contribution in [2.45, 2.75) is 13.1 Å². The van der Waals surface area contributed by atoms with Crippen LogP contribution in [-0.2, 0) is 13.1 Å². The fraction of sp³-hybridized carbons (Fsp3) is 0.200. The second-order valence-electron chi connectivity index (χ2n) is 4.48. The third-order valence-electron chi connectivity index (χ3n) is 2.75. The molecular weight excluding hydrogens is 240 g/mol. The summed E-state index contributed by atoms with van der Waals surface area (Å²) < 4.78 is 0. The Morgan fingerprint density at radius 1 is 1.11 bits per heavy atom. The van der Waals surface area contributed by atoms with Crippen LogP contribution in [0.1, 0.15) is 21.7 Å². The van der Waals surface area contributed by atoms with Gasteiger partial charge in [0.25, 0.3) is 0 Å². The normalized spacial score (nSPS) is 10.6. The lowest BCUT2D eigenvalue weighted by molar-refractivity contribution is 0.0690. The molecule has 0 aliphatic heterocycles. The summed E-state index contributed by atoms with van der Waals surface area (Å²) in [6, 6.07) is 15.2. The van der Waals surface area contributed by atoms with Gasteiger partial charge in [0.15, 0.2) is 0 Å². The van der Waals surface area contributed by atoms with Gasteiger partial charge in [0.1, 0.15) is 5.69 Å². The van der Waals surface area contributed by atoms with Crippen LogP contribution in [0.2, 0.25) is 0 Å². The molecule has 0 bridgehead atoms. The largest absolute Gasteiger partial charge is 0.477 e. The lowest BCUT2D eigenvalue weighted by atomic mass is 10.2. The summed E-state index contributed by atoms with van der Waals surface area (Å²) in [4.78, 5) is 17.1. The van der Waals surface area contributed by atoms with E-state index in [1.54, 1.807) is 6.07 Å². The van der Waals surface area contributed by atoms with Crippen LogP contribution in [0.3, 0.4) is 0 Å². The summed E-state index contributed by atoms with van der Waals surface area (Å²) in [6.07, 6.45) is 0. The summed E-state index contributed by atoms with van der Waals surface area (Å²) in [6.45, 7) is 1.43. The molecule has 0 aliphatic rings. The molecular formula is C15H16N2O2. The van der Waals surface area contributed by atoms with Crippen LogP contribution in [0.4, 0.5) is 0 Å². The number of carboxylic acid groups (broad SMARTS) is 1. The number of rotatable bonds is 5. The van der Waals surface area contributed by atoms with E-state index in [2.05, 4.69) is 22.0 Å². The fourth-order valence-electron chi connectivity index (χ4n) is 1.91. The molecule has 1 aromatic heterocycles. The second kappa shape index (κ2) is 6.11. The van der Waals surface area contributed by atoms with E-state index in [0.29, 0.717) is 6.54 Å². The Bertz CT molecular complexity index is 555. The summed E-state index contributed by atoms with van der Waals surface area (Å²) in [5.41, 5.74) is 2.07. The Hall–Kier alpha value is -2.20. The summed E-state index contributed by atoms with van der Waals surface area (Å²) in [7, 11) is 1.99. The van der Waals surface area contributed by atoms with Crippen molar-refractivity contribution in [2.24, 2.45) is 0 Å². The molecule has 0 saturated heterocycles. The molecule has 1 N–H and O–H groups in total. The Morgan fingerprint density at radius 3 is 2.53 bits per heavy atom. The van der Waals surface area contributed by atoms with Crippen molar-refractivity contribution in [3.05, 3.63) is 65.5 Å². The average Bonchev–Trinajstić information content (AvgIpc) is 2.40. The van der Waals surface area contributed by atoms with Gasteiger partial charge in [-0.3, -0.25) is 4.90 Å². The number of aromatic nitrogens is 1. The van der Waals surface area contributed by atoms with E-state index in [4.69, 9.17) is 5.11 Å². The number of pyridine rings is 1. The third-order valence-corrected chi connectivity index (χ3v) is 2.75. The highest BCUT2D eigenvalue weighted by Crippen LogP contribution is 2.07. The van der Waals surface area contributed by atoms with Gasteiger partial charge in [0, 0.05) is 13.1 Å². The second-order valence-corrected chi connectivity index (χ2v) is 4.48. The Balaban J connectivity index is 2.01. The van der Waals surface area contributed by atoms with Gasteiger partial charge in [0.2, 0.25) is 0 Å². The van der Waals surface area contributed by atoms with Gasteiger partial charge in [-0.2, -0.15) is 0 Å². The molecule has 4 nitrogen and oxygen atoms in total. The SMILES string of the molecule is CN(Cc1ccccc1)Cc1cccc(C(=O)O)n1. The van der Waals surface area contributed by atoms with Crippen LogP contribution in [-0.4, -0.2) is 28.0 Å². The minimum atomic E-state index is -0.993. The standard InChI is InChI=1S/C15H16N2O2/c1-17(10-12-6-3-2-4-7-12)11-13-8-5-9-14(16-13)15(18)19/h2-9H,10-11H2,1H3,(H,18,19). The number of nitrogens with zero attached hydrogens (tertiary/aromatic N) is 2. The molecule has 0 fully saturated rings. The average molecular weight is 256 g/mol. The number of carboxylic acids is 1. The number of hydrogen-bond acceptors (Lipinski definition) is 3. The molecule has 19 heavy (non-hydrogen) atoms. The van der Waals surface area contributed by atoms with E-state index >= 15 is 0 Å². The molecule has 2 rings (SSSR count). The maximum Gasteiger partial charge on any atom is 0.354 e. The maximum absolute atomic E-state index is 10.9. The van der Waals surface area contributed by atoms with Crippen molar-refractivity contribution >= 4 is 5.97 Å².